The minimum Gasteiger partial charge on any atom is -0.314 e. The van der Waals surface area contributed by atoms with Crippen molar-refractivity contribution in [2.45, 2.75) is 51.5 Å². The highest BCUT2D eigenvalue weighted by Crippen LogP contribution is 2.31. The first-order valence-corrected chi connectivity index (χ1v) is 6.60. The van der Waals surface area contributed by atoms with Crippen LogP contribution in [0.25, 0.3) is 0 Å². The van der Waals surface area contributed by atoms with Crippen LogP contribution in [-0.2, 0) is 5.41 Å². The molecule has 3 heteroatoms. The van der Waals surface area contributed by atoms with Crippen molar-refractivity contribution in [2.75, 3.05) is 6.54 Å². The van der Waals surface area contributed by atoms with E-state index in [0.717, 1.165) is 13.0 Å². The Bertz CT molecular complexity index is 436. The summed E-state index contributed by atoms with van der Waals surface area (Å²) >= 11 is 0. The monoisotopic (exact) mass is 253 g/mol. The van der Waals surface area contributed by atoms with Gasteiger partial charge in [0.1, 0.15) is 0 Å². The van der Waals surface area contributed by atoms with E-state index >= 15 is 0 Å². The molecular weight excluding hydrogens is 232 g/mol. The lowest BCUT2D eigenvalue weighted by molar-refractivity contribution is 0.413. The van der Waals surface area contributed by atoms with Crippen molar-refractivity contribution < 1.29 is 8.78 Å². The van der Waals surface area contributed by atoms with E-state index in [-0.39, 0.29) is 5.41 Å². The SMILES string of the molecule is Cc1ccc(C(C)(C)CCNC2CC2)c(F)c1F. The first-order chi connectivity index (χ1) is 8.42. The lowest BCUT2D eigenvalue weighted by Gasteiger charge is -2.26. The highest BCUT2D eigenvalue weighted by molar-refractivity contribution is 5.30. The molecule has 18 heavy (non-hydrogen) atoms. The van der Waals surface area contributed by atoms with E-state index in [1.807, 2.05) is 13.8 Å². The van der Waals surface area contributed by atoms with Crippen LogP contribution in [0.4, 0.5) is 8.78 Å². The van der Waals surface area contributed by atoms with Crippen molar-refractivity contribution in [1.82, 2.24) is 5.32 Å². The third-order valence-corrected chi connectivity index (χ3v) is 3.76. The van der Waals surface area contributed by atoms with Gasteiger partial charge in [-0.3, -0.25) is 0 Å². The zero-order valence-corrected chi connectivity index (χ0v) is 11.3. The molecule has 2 rings (SSSR count). The van der Waals surface area contributed by atoms with Crippen LogP contribution in [0.5, 0.6) is 0 Å². The van der Waals surface area contributed by atoms with Gasteiger partial charge in [-0.2, -0.15) is 0 Å². The molecule has 0 atom stereocenters. The number of aryl methyl sites for hydroxylation is 1. The first kappa shape index (κ1) is 13.5. The highest BCUT2D eigenvalue weighted by atomic mass is 19.2. The second-order valence-electron chi connectivity index (χ2n) is 5.92. The van der Waals surface area contributed by atoms with Crippen molar-refractivity contribution in [3.63, 3.8) is 0 Å². The van der Waals surface area contributed by atoms with E-state index in [1.165, 1.54) is 12.8 Å². The van der Waals surface area contributed by atoms with Gasteiger partial charge in [0.25, 0.3) is 0 Å². The van der Waals surface area contributed by atoms with Gasteiger partial charge in [-0.05, 0) is 49.3 Å². The summed E-state index contributed by atoms with van der Waals surface area (Å²) in [5, 5.41) is 3.41. The van der Waals surface area contributed by atoms with Crippen LogP contribution >= 0.6 is 0 Å². The Hall–Kier alpha value is -0.960. The molecule has 1 fully saturated rings. The fourth-order valence-electron chi connectivity index (χ4n) is 2.18. The van der Waals surface area contributed by atoms with Gasteiger partial charge in [0.2, 0.25) is 0 Å². The average molecular weight is 253 g/mol. The van der Waals surface area contributed by atoms with Crippen LogP contribution in [0.15, 0.2) is 12.1 Å². The number of nitrogens with one attached hydrogen (secondary N) is 1. The topological polar surface area (TPSA) is 12.0 Å². The van der Waals surface area contributed by atoms with Crippen LogP contribution in [0.1, 0.15) is 44.2 Å². The minimum atomic E-state index is -0.712. The van der Waals surface area contributed by atoms with Crippen LogP contribution in [0.3, 0.4) is 0 Å². The molecular formula is C15H21F2N. The molecule has 1 saturated carbocycles. The Balaban J connectivity index is 2.09. The van der Waals surface area contributed by atoms with Gasteiger partial charge in [0.15, 0.2) is 11.6 Å². The van der Waals surface area contributed by atoms with E-state index in [4.69, 9.17) is 0 Å². The van der Waals surface area contributed by atoms with E-state index in [1.54, 1.807) is 19.1 Å². The molecule has 0 radical (unpaired) electrons. The fraction of sp³-hybridized carbons (Fsp3) is 0.600. The van der Waals surface area contributed by atoms with Crippen LogP contribution in [-0.4, -0.2) is 12.6 Å². The molecule has 0 bridgehead atoms. The Labute approximate surface area is 108 Å². The molecule has 0 aliphatic heterocycles. The van der Waals surface area contributed by atoms with Crippen LogP contribution < -0.4 is 5.32 Å². The second-order valence-corrected chi connectivity index (χ2v) is 5.92. The molecule has 1 nitrogen and oxygen atoms in total. The van der Waals surface area contributed by atoms with Crippen molar-refractivity contribution in [1.29, 1.82) is 0 Å². The number of benzene rings is 1. The van der Waals surface area contributed by atoms with Gasteiger partial charge in [-0.1, -0.05) is 26.0 Å². The summed E-state index contributed by atoms with van der Waals surface area (Å²) in [6.45, 7) is 6.37. The van der Waals surface area contributed by atoms with Crippen molar-refractivity contribution in [2.24, 2.45) is 0 Å². The molecule has 0 unspecified atom stereocenters. The predicted octanol–water partition coefficient (Wildman–Crippen LogP) is 3.69. The third kappa shape index (κ3) is 2.89. The van der Waals surface area contributed by atoms with E-state index in [2.05, 4.69) is 5.32 Å². The molecule has 1 aromatic carbocycles. The van der Waals surface area contributed by atoms with Crippen molar-refractivity contribution in [3.05, 3.63) is 34.9 Å². The number of halogens is 2. The van der Waals surface area contributed by atoms with Crippen LogP contribution in [0.2, 0.25) is 0 Å². The van der Waals surface area contributed by atoms with Gasteiger partial charge >= 0.3 is 0 Å². The predicted molar refractivity (Wildman–Crippen MR) is 69.8 cm³/mol. The highest BCUT2D eigenvalue weighted by Gasteiger charge is 2.27. The van der Waals surface area contributed by atoms with Gasteiger partial charge < -0.3 is 5.32 Å². The van der Waals surface area contributed by atoms with E-state index in [0.29, 0.717) is 17.2 Å². The molecule has 0 amide bonds. The molecule has 0 heterocycles. The number of hydrogen-bond acceptors (Lipinski definition) is 1. The van der Waals surface area contributed by atoms with E-state index < -0.39 is 11.6 Å². The largest absolute Gasteiger partial charge is 0.314 e. The summed E-state index contributed by atoms with van der Waals surface area (Å²) in [6, 6.07) is 4.02. The molecule has 0 saturated heterocycles. The fourth-order valence-corrected chi connectivity index (χ4v) is 2.18. The molecule has 1 N–H and O–H groups in total. The maximum absolute atomic E-state index is 14.0. The van der Waals surface area contributed by atoms with Gasteiger partial charge in [-0.15, -0.1) is 0 Å². The second kappa shape index (κ2) is 4.96. The molecule has 0 aromatic heterocycles. The summed E-state index contributed by atoms with van der Waals surface area (Å²) in [7, 11) is 0. The molecule has 1 aromatic rings. The zero-order valence-electron chi connectivity index (χ0n) is 11.3. The Kier molecular flexibility index (Phi) is 3.71. The van der Waals surface area contributed by atoms with E-state index in [9.17, 15) is 8.78 Å². The summed E-state index contributed by atoms with van der Waals surface area (Å²) in [6.07, 6.45) is 3.30. The maximum atomic E-state index is 14.0. The standard InChI is InChI=1S/C15H21F2N/c1-10-4-7-12(14(17)13(10)16)15(2,3)8-9-18-11-5-6-11/h4,7,11,18H,5-6,8-9H2,1-3H3. The normalized spacial score (nSPS) is 16.1. The summed E-state index contributed by atoms with van der Waals surface area (Å²) < 4.78 is 27.6. The van der Waals surface area contributed by atoms with Gasteiger partial charge in [0.05, 0.1) is 0 Å². The molecule has 1 aliphatic rings. The lowest BCUT2D eigenvalue weighted by Crippen LogP contribution is -2.27. The Morgan fingerprint density at radius 2 is 1.89 bits per heavy atom. The maximum Gasteiger partial charge on any atom is 0.162 e. The summed E-state index contributed by atoms with van der Waals surface area (Å²) in [5.41, 5.74) is 0.493. The Morgan fingerprint density at radius 1 is 1.22 bits per heavy atom. The van der Waals surface area contributed by atoms with Crippen LogP contribution in [0, 0.1) is 18.6 Å². The number of hydrogen-bond donors (Lipinski definition) is 1. The quantitative estimate of drug-likeness (QED) is 0.843. The summed E-state index contributed by atoms with van der Waals surface area (Å²) in [5.74, 6) is -1.40. The van der Waals surface area contributed by atoms with Crippen molar-refractivity contribution in [3.8, 4) is 0 Å². The van der Waals surface area contributed by atoms with Crippen molar-refractivity contribution >= 4 is 0 Å². The Morgan fingerprint density at radius 3 is 2.50 bits per heavy atom. The first-order valence-electron chi connectivity index (χ1n) is 6.60. The average Bonchev–Trinajstić information content (AvgIpc) is 3.09. The van der Waals surface area contributed by atoms with Gasteiger partial charge in [0, 0.05) is 6.04 Å². The van der Waals surface area contributed by atoms with Gasteiger partial charge in [-0.25, -0.2) is 8.78 Å². The molecule has 1 aliphatic carbocycles. The zero-order chi connectivity index (χ0) is 13.3. The molecule has 100 valence electrons. The smallest absolute Gasteiger partial charge is 0.162 e. The minimum absolute atomic E-state index is 0.347. The lowest BCUT2D eigenvalue weighted by atomic mass is 9.80. The third-order valence-electron chi connectivity index (χ3n) is 3.76. The number of rotatable bonds is 5. The molecule has 0 spiro atoms. The summed E-state index contributed by atoms with van der Waals surface area (Å²) in [4.78, 5) is 0.